The van der Waals surface area contributed by atoms with E-state index >= 15 is 0 Å². The number of aromatic nitrogens is 1. The summed E-state index contributed by atoms with van der Waals surface area (Å²) >= 11 is 0. The van der Waals surface area contributed by atoms with Crippen LogP contribution in [0.5, 0.6) is 11.5 Å². The summed E-state index contributed by atoms with van der Waals surface area (Å²) in [6.07, 6.45) is 4.51. The number of nitrogens with two attached hydrogens (primary N) is 1. The van der Waals surface area contributed by atoms with Gasteiger partial charge >= 0.3 is 0 Å². The van der Waals surface area contributed by atoms with Gasteiger partial charge in [-0.2, -0.15) is 0 Å². The highest BCUT2D eigenvalue weighted by Crippen LogP contribution is 2.50. The Bertz CT molecular complexity index is 1240. The number of hydrogen-bond acceptors (Lipinski definition) is 6. The normalized spacial score (nSPS) is 23.8. The van der Waals surface area contributed by atoms with Gasteiger partial charge in [0.25, 0.3) is 5.91 Å². The minimum absolute atomic E-state index is 0.145. The maximum atomic E-state index is 13.6. The first kappa shape index (κ1) is 21.0. The van der Waals surface area contributed by atoms with Gasteiger partial charge in [0, 0.05) is 43.4 Å². The fraction of sp³-hybridized carbons (Fsp3) is 0.269. The second kappa shape index (κ2) is 7.62. The third kappa shape index (κ3) is 3.50. The number of hydrogen-bond donors (Lipinski definition) is 1. The van der Waals surface area contributed by atoms with Crippen molar-refractivity contribution in [3.63, 3.8) is 0 Å². The molecule has 2 aliphatic heterocycles. The van der Waals surface area contributed by atoms with Crippen molar-refractivity contribution in [3.8, 4) is 22.6 Å². The number of rotatable bonds is 4. The Hall–Kier alpha value is -3.87. The van der Waals surface area contributed by atoms with E-state index < -0.39 is 11.1 Å². The Morgan fingerprint density at radius 2 is 1.94 bits per heavy atom. The molecule has 7 heteroatoms. The van der Waals surface area contributed by atoms with Gasteiger partial charge in [0.15, 0.2) is 11.5 Å². The van der Waals surface area contributed by atoms with Crippen molar-refractivity contribution >= 4 is 11.9 Å². The van der Waals surface area contributed by atoms with Gasteiger partial charge in [0.1, 0.15) is 17.1 Å². The summed E-state index contributed by atoms with van der Waals surface area (Å²) in [5.74, 6) is 1.51. The van der Waals surface area contributed by atoms with E-state index in [1.54, 1.807) is 26.6 Å². The van der Waals surface area contributed by atoms with Crippen LogP contribution in [-0.4, -0.2) is 41.5 Å². The quantitative estimate of drug-likeness (QED) is 0.668. The zero-order valence-electron chi connectivity index (χ0n) is 18.9. The Balaban J connectivity index is 1.60. The molecule has 168 valence electrons. The van der Waals surface area contributed by atoms with Gasteiger partial charge in [-0.15, -0.1) is 0 Å². The molecule has 0 radical (unpaired) electrons. The number of nitrogens with zero attached hydrogens (tertiary/aromatic N) is 3. The molecule has 0 saturated heterocycles. The van der Waals surface area contributed by atoms with Crippen molar-refractivity contribution in [3.05, 3.63) is 78.1 Å². The van der Waals surface area contributed by atoms with Crippen molar-refractivity contribution in [2.45, 2.75) is 30.9 Å². The number of guanidine groups is 1. The zero-order chi connectivity index (χ0) is 23.2. The molecule has 2 N–H and O–H groups in total. The molecule has 2 aliphatic rings. The maximum absolute atomic E-state index is 13.6. The monoisotopic (exact) mass is 442 g/mol. The molecule has 7 nitrogen and oxygen atoms in total. The average molecular weight is 443 g/mol. The molecule has 0 fully saturated rings. The summed E-state index contributed by atoms with van der Waals surface area (Å²) < 4.78 is 11.8. The third-order valence-corrected chi connectivity index (χ3v) is 6.45. The smallest absolute Gasteiger partial charge is 0.261 e. The Morgan fingerprint density at radius 3 is 2.58 bits per heavy atom. The van der Waals surface area contributed by atoms with Crippen LogP contribution in [0.1, 0.15) is 24.5 Å². The number of carbonyl (C=O) groups is 1. The molecule has 0 aliphatic carbocycles. The first-order valence-electron chi connectivity index (χ1n) is 10.8. The average Bonchev–Trinajstić information content (AvgIpc) is 3.03. The van der Waals surface area contributed by atoms with Crippen LogP contribution in [0, 0.1) is 0 Å². The first-order valence-corrected chi connectivity index (χ1v) is 10.8. The third-order valence-electron chi connectivity index (χ3n) is 6.45. The van der Waals surface area contributed by atoms with Crippen LogP contribution in [0.15, 0.2) is 72.0 Å². The summed E-state index contributed by atoms with van der Waals surface area (Å²) in [5, 5.41) is 0. The second-order valence-electron chi connectivity index (χ2n) is 8.90. The standard InChI is InChI=1S/C26H26N4O3/c1-25(14-17-6-9-20(32-3)10-7-17)16-26(23(31)30(2)24(27)29-26)21-13-18(8-11-22(21)33-25)19-5-4-12-28-15-19/h4-13,15H,14,16H2,1-3H3,(H2,27,29)/t25-,26-/m1/s1. The van der Waals surface area contributed by atoms with Crippen LogP contribution in [0.3, 0.4) is 0 Å². The lowest BCUT2D eigenvalue weighted by molar-refractivity contribution is -0.133. The van der Waals surface area contributed by atoms with Crippen molar-refractivity contribution in [2.75, 3.05) is 14.2 Å². The zero-order valence-corrected chi connectivity index (χ0v) is 18.9. The molecule has 1 amide bonds. The van der Waals surface area contributed by atoms with Crippen molar-refractivity contribution in [1.29, 1.82) is 0 Å². The molecule has 2 atom stereocenters. The fourth-order valence-electron chi connectivity index (χ4n) is 4.86. The molecule has 3 aromatic rings. The minimum atomic E-state index is -1.13. The van der Waals surface area contributed by atoms with Gasteiger partial charge < -0.3 is 15.2 Å². The molecule has 1 spiro atoms. The van der Waals surface area contributed by atoms with Crippen molar-refractivity contribution in [2.24, 2.45) is 10.7 Å². The van der Waals surface area contributed by atoms with Crippen molar-refractivity contribution in [1.82, 2.24) is 9.88 Å². The van der Waals surface area contributed by atoms with E-state index in [0.29, 0.717) is 18.6 Å². The highest BCUT2D eigenvalue weighted by molar-refractivity contribution is 6.07. The predicted molar refractivity (Wildman–Crippen MR) is 126 cm³/mol. The Labute approximate surface area is 192 Å². The highest BCUT2D eigenvalue weighted by atomic mass is 16.5. The van der Waals surface area contributed by atoms with Crippen LogP contribution in [0.25, 0.3) is 11.1 Å². The molecule has 0 bridgehead atoms. The lowest BCUT2D eigenvalue weighted by Crippen LogP contribution is -2.51. The molecular formula is C26H26N4O3. The van der Waals surface area contributed by atoms with Crippen molar-refractivity contribution < 1.29 is 14.3 Å². The lowest BCUT2D eigenvalue weighted by Gasteiger charge is -2.43. The Kier molecular flexibility index (Phi) is 4.85. The van der Waals surface area contributed by atoms with E-state index in [0.717, 1.165) is 28.0 Å². The number of fused-ring (bicyclic) bond motifs is 2. The number of aliphatic imine (C=N–C) groups is 1. The van der Waals surface area contributed by atoms with Gasteiger partial charge in [0.05, 0.1) is 7.11 Å². The summed E-state index contributed by atoms with van der Waals surface area (Å²) in [4.78, 5) is 24.0. The van der Waals surface area contributed by atoms with Crippen LogP contribution in [0.4, 0.5) is 0 Å². The van der Waals surface area contributed by atoms with Gasteiger partial charge in [0.2, 0.25) is 0 Å². The number of pyridine rings is 1. The van der Waals surface area contributed by atoms with Gasteiger partial charge in [-0.25, -0.2) is 4.99 Å². The summed E-state index contributed by atoms with van der Waals surface area (Å²) in [6.45, 7) is 2.02. The van der Waals surface area contributed by atoms with E-state index in [2.05, 4.69) is 4.98 Å². The molecule has 5 rings (SSSR count). The molecule has 3 heterocycles. The minimum Gasteiger partial charge on any atom is -0.497 e. The van der Waals surface area contributed by atoms with E-state index in [1.165, 1.54) is 4.90 Å². The van der Waals surface area contributed by atoms with E-state index in [9.17, 15) is 4.79 Å². The molecule has 0 unspecified atom stereocenters. The second-order valence-corrected chi connectivity index (χ2v) is 8.90. The summed E-state index contributed by atoms with van der Waals surface area (Å²) in [7, 11) is 3.31. The highest BCUT2D eigenvalue weighted by Gasteiger charge is 2.56. The van der Waals surface area contributed by atoms with E-state index in [4.69, 9.17) is 20.2 Å². The Morgan fingerprint density at radius 1 is 1.15 bits per heavy atom. The fourth-order valence-corrected chi connectivity index (χ4v) is 4.86. The number of carbonyl (C=O) groups excluding carboxylic acids is 1. The predicted octanol–water partition coefficient (Wildman–Crippen LogP) is 3.52. The first-order chi connectivity index (χ1) is 15.8. The van der Waals surface area contributed by atoms with E-state index in [-0.39, 0.29) is 11.9 Å². The van der Waals surface area contributed by atoms with Gasteiger partial charge in [-0.05, 0) is 48.4 Å². The van der Waals surface area contributed by atoms with Crippen LogP contribution >= 0.6 is 0 Å². The van der Waals surface area contributed by atoms with Crippen LogP contribution in [-0.2, 0) is 16.8 Å². The van der Waals surface area contributed by atoms with Crippen LogP contribution < -0.4 is 15.2 Å². The van der Waals surface area contributed by atoms with Gasteiger partial charge in [-0.1, -0.05) is 24.3 Å². The molecule has 2 aromatic carbocycles. The number of amides is 1. The molecular weight excluding hydrogens is 416 g/mol. The molecule has 0 saturated carbocycles. The summed E-state index contributed by atoms with van der Waals surface area (Å²) in [5.41, 5.74) is 8.06. The number of benzene rings is 2. The SMILES string of the molecule is COc1ccc(C[C@]2(C)C[C@@]3(N=C(N)N(C)C3=O)c3cc(-c4cccnc4)ccc3O2)cc1. The topological polar surface area (TPSA) is 90.0 Å². The molecule has 33 heavy (non-hydrogen) atoms. The van der Waals surface area contributed by atoms with Crippen LogP contribution in [0.2, 0.25) is 0 Å². The molecule has 1 aromatic heterocycles. The number of methoxy groups -OCH3 is 1. The number of ether oxygens (including phenoxy) is 2. The number of likely N-dealkylation sites (N-methyl/N-ethyl adjacent to an activating group) is 1. The maximum Gasteiger partial charge on any atom is 0.261 e. The lowest BCUT2D eigenvalue weighted by atomic mass is 9.74. The van der Waals surface area contributed by atoms with Gasteiger partial charge in [-0.3, -0.25) is 14.7 Å². The summed E-state index contributed by atoms with van der Waals surface area (Å²) in [6, 6.07) is 17.6. The van der Waals surface area contributed by atoms with E-state index in [1.807, 2.05) is 61.5 Å². The largest absolute Gasteiger partial charge is 0.497 e.